The van der Waals surface area contributed by atoms with Crippen LogP contribution in [0.15, 0.2) is 24.3 Å². The molecule has 2 N–H and O–H groups in total. The zero-order chi connectivity index (χ0) is 13.2. The molecule has 0 heterocycles. The molecule has 2 rings (SSSR count). The van der Waals surface area contributed by atoms with Gasteiger partial charge in [-0.3, -0.25) is 0 Å². The lowest BCUT2D eigenvalue weighted by Crippen LogP contribution is -2.34. The van der Waals surface area contributed by atoms with Crippen LogP contribution in [0.5, 0.6) is 0 Å². The molecule has 1 aromatic carbocycles. The van der Waals surface area contributed by atoms with Crippen LogP contribution >= 0.6 is 0 Å². The first-order valence-electron chi connectivity index (χ1n) is 6.37. The average Bonchev–Trinajstić information content (AvgIpc) is 3.15. The second kappa shape index (κ2) is 5.28. The molecule has 1 saturated carbocycles. The van der Waals surface area contributed by atoms with Crippen LogP contribution in [0.3, 0.4) is 0 Å². The quantitative estimate of drug-likeness (QED) is 0.802. The molecule has 0 saturated heterocycles. The maximum Gasteiger partial charge on any atom is 0.217 e. The van der Waals surface area contributed by atoms with Crippen LogP contribution in [0.1, 0.15) is 31.7 Å². The second-order valence-electron chi connectivity index (χ2n) is 4.82. The fourth-order valence-electron chi connectivity index (χ4n) is 1.95. The molecule has 0 aliphatic heterocycles. The van der Waals surface area contributed by atoms with Crippen molar-refractivity contribution < 1.29 is 8.42 Å². The van der Waals surface area contributed by atoms with Crippen LogP contribution in [0.2, 0.25) is 0 Å². The molecule has 1 fully saturated rings. The standard InChI is InChI=1S/C13H20N2O2S/c1-2-9-15(18(16,17)13-7-8-13)10-11-3-5-12(14)6-4-11/h3-6,13H,2,7-10,14H2,1H3. The lowest BCUT2D eigenvalue weighted by atomic mass is 10.2. The van der Waals surface area contributed by atoms with E-state index in [1.807, 2.05) is 31.2 Å². The first-order valence-corrected chi connectivity index (χ1v) is 7.87. The Morgan fingerprint density at radius 3 is 2.39 bits per heavy atom. The highest BCUT2D eigenvalue weighted by Gasteiger charge is 2.39. The SMILES string of the molecule is CCCN(Cc1ccc(N)cc1)S(=O)(=O)C1CC1. The molecule has 1 aromatic rings. The van der Waals surface area contributed by atoms with Crippen molar-refractivity contribution in [3.63, 3.8) is 0 Å². The fourth-order valence-corrected chi connectivity index (χ4v) is 3.87. The number of nitrogens with zero attached hydrogens (tertiary/aromatic N) is 1. The van der Waals surface area contributed by atoms with Crippen LogP contribution in [-0.4, -0.2) is 24.5 Å². The van der Waals surface area contributed by atoms with E-state index in [0.717, 1.165) is 24.8 Å². The average molecular weight is 268 g/mol. The summed E-state index contributed by atoms with van der Waals surface area (Å²) >= 11 is 0. The third-order valence-electron chi connectivity index (χ3n) is 3.12. The highest BCUT2D eigenvalue weighted by atomic mass is 32.2. The Morgan fingerprint density at radius 2 is 1.89 bits per heavy atom. The molecule has 100 valence electrons. The van der Waals surface area contributed by atoms with E-state index in [1.165, 1.54) is 0 Å². The maximum atomic E-state index is 12.3. The lowest BCUT2D eigenvalue weighted by Gasteiger charge is -2.21. The number of rotatable bonds is 6. The number of hydrogen-bond donors (Lipinski definition) is 1. The molecule has 0 amide bonds. The highest BCUT2D eigenvalue weighted by Crippen LogP contribution is 2.31. The van der Waals surface area contributed by atoms with Crippen LogP contribution in [0.25, 0.3) is 0 Å². The van der Waals surface area contributed by atoms with Crippen LogP contribution in [-0.2, 0) is 16.6 Å². The van der Waals surface area contributed by atoms with Gasteiger partial charge in [-0.15, -0.1) is 0 Å². The van der Waals surface area contributed by atoms with Gasteiger partial charge in [0.2, 0.25) is 10.0 Å². The number of benzene rings is 1. The Bertz CT molecular complexity index is 492. The molecule has 18 heavy (non-hydrogen) atoms. The van der Waals surface area contributed by atoms with Crippen molar-refractivity contribution in [3.8, 4) is 0 Å². The lowest BCUT2D eigenvalue weighted by molar-refractivity contribution is 0.405. The van der Waals surface area contributed by atoms with E-state index < -0.39 is 10.0 Å². The minimum atomic E-state index is -3.10. The fraction of sp³-hybridized carbons (Fsp3) is 0.538. The molecule has 0 unspecified atom stereocenters. The van der Waals surface area contributed by atoms with Gasteiger partial charge in [0.25, 0.3) is 0 Å². The highest BCUT2D eigenvalue weighted by molar-refractivity contribution is 7.90. The van der Waals surface area contributed by atoms with Gasteiger partial charge in [-0.2, -0.15) is 4.31 Å². The first-order chi connectivity index (χ1) is 8.54. The number of sulfonamides is 1. The Balaban J connectivity index is 2.13. The summed E-state index contributed by atoms with van der Waals surface area (Å²) in [7, 11) is -3.10. The Hall–Kier alpha value is -1.07. The summed E-state index contributed by atoms with van der Waals surface area (Å²) in [6.45, 7) is 3.04. The predicted octanol–water partition coefficient (Wildman–Crippen LogP) is 1.97. The van der Waals surface area contributed by atoms with Gasteiger partial charge in [0.1, 0.15) is 0 Å². The van der Waals surface area contributed by atoms with E-state index in [9.17, 15) is 8.42 Å². The zero-order valence-corrected chi connectivity index (χ0v) is 11.5. The van der Waals surface area contributed by atoms with Gasteiger partial charge >= 0.3 is 0 Å². The molecule has 5 heteroatoms. The maximum absolute atomic E-state index is 12.3. The van der Waals surface area contributed by atoms with Crippen molar-refractivity contribution >= 4 is 15.7 Å². The number of nitrogen functional groups attached to an aromatic ring is 1. The minimum Gasteiger partial charge on any atom is -0.399 e. The number of nitrogens with two attached hydrogens (primary N) is 1. The minimum absolute atomic E-state index is 0.141. The molecule has 0 bridgehead atoms. The van der Waals surface area contributed by atoms with E-state index in [1.54, 1.807) is 4.31 Å². The summed E-state index contributed by atoms with van der Waals surface area (Å²) in [6, 6.07) is 7.40. The van der Waals surface area contributed by atoms with Crippen molar-refractivity contribution in [2.75, 3.05) is 12.3 Å². The molecule has 4 nitrogen and oxygen atoms in total. The van der Waals surface area contributed by atoms with Crippen LogP contribution in [0, 0.1) is 0 Å². The van der Waals surface area contributed by atoms with Crippen LogP contribution in [0.4, 0.5) is 5.69 Å². The van der Waals surface area contributed by atoms with E-state index in [4.69, 9.17) is 5.73 Å². The van der Waals surface area contributed by atoms with Gasteiger partial charge in [-0.05, 0) is 37.0 Å². The first kappa shape index (κ1) is 13.4. The molecule has 1 aliphatic carbocycles. The van der Waals surface area contributed by atoms with Crippen molar-refractivity contribution in [2.24, 2.45) is 0 Å². The van der Waals surface area contributed by atoms with E-state index in [0.29, 0.717) is 18.8 Å². The van der Waals surface area contributed by atoms with Gasteiger partial charge in [0.05, 0.1) is 5.25 Å². The Labute approximate surface area is 109 Å². The van der Waals surface area contributed by atoms with Gasteiger partial charge in [0.15, 0.2) is 0 Å². The van der Waals surface area contributed by atoms with Gasteiger partial charge < -0.3 is 5.73 Å². The van der Waals surface area contributed by atoms with Crippen molar-refractivity contribution in [3.05, 3.63) is 29.8 Å². The summed E-state index contributed by atoms with van der Waals surface area (Å²) in [6.07, 6.45) is 2.45. The Morgan fingerprint density at radius 1 is 1.28 bits per heavy atom. The van der Waals surface area contributed by atoms with Crippen molar-refractivity contribution in [2.45, 2.75) is 38.0 Å². The zero-order valence-electron chi connectivity index (χ0n) is 10.7. The predicted molar refractivity (Wildman–Crippen MR) is 73.5 cm³/mol. The van der Waals surface area contributed by atoms with E-state index in [2.05, 4.69) is 0 Å². The molecule has 0 spiro atoms. The van der Waals surface area contributed by atoms with Gasteiger partial charge in [-0.1, -0.05) is 19.1 Å². The monoisotopic (exact) mass is 268 g/mol. The number of hydrogen-bond acceptors (Lipinski definition) is 3. The molecular weight excluding hydrogens is 248 g/mol. The summed E-state index contributed by atoms with van der Waals surface area (Å²) in [5.41, 5.74) is 7.32. The second-order valence-corrected chi connectivity index (χ2v) is 7.03. The van der Waals surface area contributed by atoms with Crippen molar-refractivity contribution in [1.29, 1.82) is 0 Å². The third kappa shape index (κ3) is 3.03. The molecule has 1 aliphatic rings. The van der Waals surface area contributed by atoms with Gasteiger partial charge in [0, 0.05) is 18.8 Å². The summed E-state index contributed by atoms with van der Waals surface area (Å²) in [4.78, 5) is 0. The Kier molecular flexibility index (Phi) is 3.92. The van der Waals surface area contributed by atoms with Gasteiger partial charge in [-0.25, -0.2) is 8.42 Å². The summed E-state index contributed by atoms with van der Waals surface area (Å²) in [5, 5.41) is -0.141. The smallest absolute Gasteiger partial charge is 0.217 e. The molecule has 0 atom stereocenters. The molecule has 0 radical (unpaired) electrons. The topological polar surface area (TPSA) is 63.4 Å². The van der Waals surface area contributed by atoms with E-state index >= 15 is 0 Å². The largest absolute Gasteiger partial charge is 0.399 e. The van der Waals surface area contributed by atoms with Crippen molar-refractivity contribution in [1.82, 2.24) is 4.31 Å². The van der Waals surface area contributed by atoms with Crippen LogP contribution < -0.4 is 5.73 Å². The normalized spacial score (nSPS) is 16.1. The summed E-state index contributed by atoms with van der Waals surface area (Å²) < 4.78 is 26.1. The van der Waals surface area contributed by atoms with E-state index in [-0.39, 0.29) is 5.25 Å². The number of anilines is 1. The molecule has 0 aromatic heterocycles. The third-order valence-corrected chi connectivity index (χ3v) is 5.46. The summed E-state index contributed by atoms with van der Waals surface area (Å²) in [5.74, 6) is 0. The molecular formula is C13H20N2O2S.